The lowest BCUT2D eigenvalue weighted by atomic mass is 9.87. The maximum atomic E-state index is 10.9. The van der Waals surface area contributed by atoms with Gasteiger partial charge in [-0.25, -0.2) is 4.79 Å². The third kappa shape index (κ3) is 8.40. The van der Waals surface area contributed by atoms with Gasteiger partial charge in [0.15, 0.2) is 8.32 Å². The van der Waals surface area contributed by atoms with E-state index in [2.05, 4.69) is 76.4 Å². The van der Waals surface area contributed by atoms with Crippen molar-refractivity contribution in [2.24, 2.45) is 5.41 Å². The molecule has 0 aliphatic heterocycles. The molecule has 0 amide bonds. The Labute approximate surface area is 137 Å². The van der Waals surface area contributed by atoms with Crippen molar-refractivity contribution in [2.75, 3.05) is 13.7 Å². The van der Waals surface area contributed by atoms with Crippen molar-refractivity contribution in [2.45, 2.75) is 65.6 Å². The quantitative estimate of drug-likeness (QED) is 0.236. The molecular formula is C18H32O3Si. The Balaban J connectivity index is 4.30. The van der Waals surface area contributed by atoms with E-state index in [4.69, 9.17) is 4.43 Å². The summed E-state index contributed by atoms with van der Waals surface area (Å²) in [5.41, 5.74) is 0.0432. The smallest absolute Gasteiger partial charge is 0.384 e. The van der Waals surface area contributed by atoms with Crippen LogP contribution in [0.3, 0.4) is 0 Å². The highest BCUT2D eigenvalue weighted by Gasteiger charge is 2.36. The molecule has 4 heteroatoms. The van der Waals surface area contributed by atoms with Crippen LogP contribution in [-0.2, 0) is 14.0 Å². The first kappa shape index (κ1) is 20.9. The fraction of sp³-hybridized carbons (Fsp3) is 0.722. The predicted molar refractivity (Wildman–Crippen MR) is 95.1 cm³/mol. The van der Waals surface area contributed by atoms with Gasteiger partial charge in [0.05, 0.1) is 13.7 Å². The molecule has 0 heterocycles. The lowest BCUT2D eigenvalue weighted by Crippen LogP contribution is -2.40. The van der Waals surface area contributed by atoms with Crippen molar-refractivity contribution in [1.82, 2.24) is 0 Å². The van der Waals surface area contributed by atoms with E-state index in [0.717, 1.165) is 6.42 Å². The molecule has 0 rings (SSSR count). The molecular weight excluding hydrogens is 292 g/mol. The lowest BCUT2D eigenvalue weighted by Gasteiger charge is -2.35. The third-order valence-corrected chi connectivity index (χ3v) is 8.69. The van der Waals surface area contributed by atoms with Crippen molar-refractivity contribution in [3.63, 3.8) is 0 Å². The van der Waals surface area contributed by atoms with E-state index in [1.54, 1.807) is 0 Å². The maximum Gasteiger partial charge on any atom is 0.384 e. The van der Waals surface area contributed by atoms with Gasteiger partial charge in [-0.1, -0.05) is 52.7 Å². The van der Waals surface area contributed by atoms with E-state index in [9.17, 15) is 4.79 Å². The summed E-state index contributed by atoms with van der Waals surface area (Å²) in [5, 5.41) is 0.236. The van der Waals surface area contributed by atoms with Crippen LogP contribution in [0.5, 0.6) is 0 Å². The second-order valence-corrected chi connectivity index (χ2v) is 12.6. The Bertz CT molecular complexity index is 445. The topological polar surface area (TPSA) is 35.5 Å². The first-order valence-corrected chi connectivity index (χ1v) is 10.7. The molecule has 0 saturated carbocycles. The Morgan fingerprint density at radius 3 is 2.27 bits per heavy atom. The van der Waals surface area contributed by atoms with E-state index in [1.807, 2.05) is 0 Å². The second kappa shape index (κ2) is 8.55. The molecule has 0 bridgehead atoms. The molecule has 0 fully saturated rings. The molecule has 0 N–H and O–H groups in total. The number of carbonyl (C=O) groups excluding carboxylic acids is 1. The van der Waals surface area contributed by atoms with Crippen LogP contribution < -0.4 is 0 Å². The summed E-state index contributed by atoms with van der Waals surface area (Å²) >= 11 is 0. The highest BCUT2D eigenvalue weighted by atomic mass is 28.4. The number of allylic oxidation sites excluding steroid dienone is 1. The van der Waals surface area contributed by atoms with Gasteiger partial charge in [-0.15, -0.1) is 0 Å². The van der Waals surface area contributed by atoms with E-state index >= 15 is 0 Å². The third-order valence-electron chi connectivity index (χ3n) is 4.19. The minimum Gasteiger partial charge on any atom is -0.459 e. The van der Waals surface area contributed by atoms with Crippen molar-refractivity contribution in [1.29, 1.82) is 0 Å². The molecule has 0 atom stereocenters. The molecule has 0 radical (unpaired) electrons. The molecule has 0 saturated heterocycles. The summed E-state index contributed by atoms with van der Waals surface area (Å²) in [5.74, 6) is 4.82. The van der Waals surface area contributed by atoms with E-state index in [0.29, 0.717) is 13.0 Å². The minimum absolute atomic E-state index is 0.0432. The monoisotopic (exact) mass is 324 g/mol. The van der Waals surface area contributed by atoms with Crippen LogP contribution in [0.15, 0.2) is 12.2 Å². The largest absolute Gasteiger partial charge is 0.459 e. The van der Waals surface area contributed by atoms with Gasteiger partial charge in [0, 0.05) is 12.3 Å². The SMILES string of the molecule is COC(=O)C#CCCC(C)(C)/C=C/CO[Si](C)(C)C(C)(C)C. The molecule has 3 nitrogen and oxygen atoms in total. The molecule has 126 valence electrons. The Kier molecular flexibility index (Phi) is 8.14. The molecule has 0 spiro atoms. The first-order chi connectivity index (χ1) is 9.91. The van der Waals surface area contributed by atoms with Gasteiger partial charge >= 0.3 is 5.97 Å². The highest BCUT2D eigenvalue weighted by Crippen LogP contribution is 2.36. The normalized spacial score (nSPS) is 12.9. The summed E-state index contributed by atoms with van der Waals surface area (Å²) in [6.07, 6.45) is 5.86. The number of hydrogen-bond donors (Lipinski definition) is 0. The van der Waals surface area contributed by atoms with Crippen LogP contribution in [0.4, 0.5) is 0 Å². The van der Waals surface area contributed by atoms with Crippen LogP contribution in [0.2, 0.25) is 18.1 Å². The summed E-state index contributed by atoms with van der Waals surface area (Å²) in [4.78, 5) is 10.9. The first-order valence-electron chi connectivity index (χ1n) is 7.80. The number of esters is 1. The summed E-state index contributed by atoms with van der Waals surface area (Å²) in [7, 11) is -0.335. The van der Waals surface area contributed by atoms with Gasteiger partial charge < -0.3 is 9.16 Å². The standard InChI is InChI=1S/C18H32O3Si/c1-17(2,3)22(7,8)21-15-11-14-18(4,5)13-10-9-12-16(19)20-6/h11,14H,10,13,15H2,1-8H3/b14-11+. The van der Waals surface area contributed by atoms with Crippen LogP contribution in [0, 0.1) is 17.3 Å². The van der Waals surface area contributed by atoms with Crippen molar-refractivity contribution >= 4 is 14.3 Å². The summed E-state index contributed by atoms with van der Waals surface area (Å²) < 4.78 is 10.6. The second-order valence-electron chi connectivity index (χ2n) is 7.76. The Hall–Kier alpha value is -1.05. The van der Waals surface area contributed by atoms with Gasteiger partial charge in [-0.05, 0) is 30.0 Å². The molecule has 0 aliphatic rings. The van der Waals surface area contributed by atoms with Gasteiger partial charge in [-0.2, -0.15) is 0 Å². The van der Waals surface area contributed by atoms with Gasteiger partial charge in [-0.3, -0.25) is 0 Å². The van der Waals surface area contributed by atoms with E-state index < -0.39 is 14.3 Å². The van der Waals surface area contributed by atoms with Crippen molar-refractivity contribution in [3.05, 3.63) is 12.2 Å². The zero-order valence-corrected chi connectivity index (χ0v) is 16.5. The number of ether oxygens (including phenoxy) is 1. The Morgan fingerprint density at radius 1 is 1.18 bits per heavy atom. The molecule has 22 heavy (non-hydrogen) atoms. The molecule has 0 aromatic rings. The fourth-order valence-electron chi connectivity index (χ4n) is 1.49. The van der Waals surface area contributed by atoms with Gasteiger partial charge in [0.25, 0.3) is 0 Å². The minimum atomic E-state index is -1.67. The molecule has 0 unspecified atom stereocenters. The average Bonchev–Trinajstić information content (AvgIpc) is 2.38. The van der Waals surface area contributed by atoms with E-state index in [1.165, 1.54) is 7.11 Å². The summed E-state index contributed by atoms with van der Waals surface area (Å²) in [6.45, 7) is 16.2. The van der Waals surface area contributed by atoms with Crippen molar-refractivity contribution < 1.29 is 14.0 Å². The number of carbonyl (C=O) groups is 1. The Morgan fingerprint density at radius 2 is 1.77 bits per heavy atom. The number of methoxy groups -OCH3 is 1. The average molecular weight is 325 g/mol. The highest BCUT2D eigenvalue weighted by molar-refractivity contribution is 6.74. The number of hydrogen-bond acceptors (Lipinski definition) is 3. The van der Waals surface area contributed by atoms with Crippen LogP contribution >= 0.6 is 0 Å². The molecule has 0 aliphatic carbocycles. The predicted octanol–water partition coefficient (Wildman–Crippen LogP) is 4.55. The zero-order valence-electron chi connectivity index (χ0n) is 15.5. The molecule has 0 aromatic carbocycles. The summed E-state index contributed by atoms with van der Waals surface area (Å²) in [6, 6.07) is 0. The maximum absolute atomic E-state index is 10.9. The fourth-order valence-corrected chi connectivity index (χ4v) is 2.44. The number of rotatable bonds is 6. The van der Waals surface area contributed by atoms with Crippen LogP contribution in [-0.4, -0.2) is 28.0 Å². The molecule has 0 aromatic heterocycles. The van der Waals surface area contributed by atoms with Crippen LogP contribution in [0.25, 0.3) is 0 Å². The van der Waals surface area contributed by atoms with Crippen LogP contribution in [0.1, 0.15) is 47.5 Å². The zero-order chi connectivity index (χ0) is 17.4. The van der Waals surface area contributed by atoms with E-state index in [-0.39, 0.29) is 10.5 Å². The lowest BCUT2D eigenvalue weighted by molar-refractivity contribution is -0.133. The van der Waals surface area contributed by atoms with Gasteiger partial charge in [0.2, 0.25) is 0 Å². The van der Waals surface area contributed by atoms with Crippen molar-refractivity contribution in [3.8, 4) is 11.8 Å². The van der Waals surface area contributed by atoms with Gasteiger partial charge in [0.1, 0.15) is 0 Å².